The van der Waals surface area contributed by atoms with Gasteiger partial charge in [0.2, 0.25) is 5.95 Å². The molecule has 0 aliphatic carbocycles. The Morgan fingerprint density at radius 3 is 1.94 bits per heavy atom. The summed E-state index contributed by atoms with van der Waals surface area (Å²) in [5.74, 6) is 0.437. The summed E-state index contributed by atoms with van der Waals surface area (Å²) in [7, 11) is 0. The predicted octanol–water partition coefficient (Wildman–Crippen LogP) is 5.93. The first kappa shape index (κ1) is 20.6. The summed E-state index contributed by atoms with van der Waals surface area (Å²) in [4.78, 5) is 22.4. The van der Waals surface area contributed by atoms with Crippen LogP contribution in [0, 0.1) is 0 Å². The van der Waals surface area contributed by atoms with Crippen LogP contribution in [0.4, 0.5) is 11.6 Å². The molecule has 5 heteroatoms. The number of pyridine rings is 1. The van der Waals surface area contributed by atoms with Gasteiger partial charge in [-0.1, -0.05) is 78.9 Å². The molecule has 0 aliphatic heterocycles. The Balaban J connectivity index is 1.64. The second-order valence-corrected chi connectivity index (χ2v) is 8.04. The molecule has 162 valence electrons. The third-order valence-electron chi connectivity index (χ3n) is 5.90. The van der Waals surface area contributed by atoms with Gasteiger partial charge in [-0.15, -0.1) is 0 Å². The molecule has 0 aliphatic rings. The fraction of sp³-hybridized carbons (Fsp3) is 0.107. The average molecular weight is 433 g/mol. The van der Waals surface area contributed by atoms with E-state index in [0.29, 0.717) is 11.6 Å². The van der Waals surface area contributed by atoms with Gasteiger partial charge in [0.25, 0.3) is 5.56 Å². The topological polar surface area (TPSA) is 59.8 Å². The number of para-hydroxylation sites is 1. The van der Waals surface area contributed by atoms with E-state index >= 15 is 0 Å². The van der Waals surface area contributed by atoms with Crippen LogP contribution in [0.2, 0.25) is 0 Å². The van der Waals surface area contributed by atoms with Crippen LogP contribution >= 0.6 is 0 Å². The quantitative estimate of drug-likeness (QED) is 0.361. The van der Waals surface area contributed by atoms with Gasteiger partial charge >= 0.3 is 0 Å². The number of aromatic nitrogens is 3. The molecule has 0 saturated carbocycles. The minimum Gasteiger partial charge on any atom is -0.324 e. The number of nitrogens with zero attached hydrogens (tertiary/aromatic N) is 3. The van der Waals surface area contributed by atoms with Gasteiger partial charge < -0.3 is 5.32 Å². The Morgan fingerprint density at radius 1 is 0.758 bits per heavy atom. The lowest BCUT2D eigenvalue weighted by Crippen LogP contribution is -2.28. The van der Waals surface area contributed by atoms with Crippen molar-refractivity contribution in [3.8, 4) is 0 Å². The van der Waals surface area contributed by atoms with Crippen LogP contribution in [0.15, 0.2) is 114 Å². The van der Waals surface area contributed by atoms with Crippen molar-refractivity contribution in [3.05, 3.63) is 131 Å². The van der Waals surface area contributed by atoms with Crippen LogP contribution < -0.4 is 10.9 Å². The molecule has 2 heterocycles. The smallest absolute Gasteiger partial charge is 0.252 e. The Hall–Kier alpha value is -4.25. The molecule has 0 fully saturated rings. The van der Waals surface area contributed by atoms with Gasteiger partial charge in [0, 0.05) is 35.3 Å². The van der Waals surface area contributed by atoms with Crippen LogP contribution in [0.25, 0.3) is 11.0 Å². The van der Waals surface area contributed by atoms with Crippen LogP contribution in [0.3, 0.4) is 0 Å². The molecule has 33 heavy (non-hydrogen) atoms. The van der Waals surface area contributed by atoms with Gasteiger partial charge in [0.15, 0.2) is 0 Å². The van der Waals surface area contributed by atoms with Crippen molar-refractivity contribution in [2.45, 2.75) is 18.9 Å². The summed E-state index contributed by atoms with van der Waals surface area (Å²) in [6.07, 6.45) is 1.76. The van der Waals surface area contributed by atoms with E-state index in [-0.39, 0.29) is 17.5 Å². The number of hydrogen-bond acceptors (Lipinski definition) is 4. The second-order valence-electron chi connectivity index (χ2n) is 8.04. The van der Waals surface area contributed by atoms with Gasteiger partial charge in [-0.3, -0.25) is 9.36 Å². The molecule has 2 aromatic heterocycles. The SMILES string of the molecule is CC(C(c1ccccc1)c1ccccc1)n1c(=O)ccc2cnc(Nc3ccccc3)nc21. The molecule has 0 amide bonds. The maximum absolute atomic E-state index is 13.2. The van der Waals surface area contributed by atoms with E-state index < -0.39 is 0 Å². The van der Waals surface area contributed by atoms with E-state index in [1.807, 2.05) is 66.7 Å². The molecular weight excluding hydrogens is 408 g/mol. The predicted molar refractivity (Wildman–Crippen MR) is 133 cm³/mol. The van der Waals surface area contributed by atoms with Gasteiger partial charge in [-0.2, -0.15) is 4.98 Å². The number of nitrogens with one attached hydrogen (secondary N) is 1. The Kier molecular flexibility index (Phi) is 5.68. The Labute approximate surface area is 192 Å². The molecule has 1 unspecified atom stereocenters. The van der Waals surface area contributed by atoms with Crippen LogP contribution in [0.5, 0.6) is 0 Å². The van der Waals surface area contributed by atoms with Gasteiger partial charge in [-0.05, 0) is 36.2 Å². The Morgan fingerprint density at radius 2 is 1.33 bits per heavy atom. The van der Waals surface area contributed by atoms with Crippen molar-refractivity contribution in [2.75, 3.05) is 5.32 Å². The van der Waals surface area contributed by atoms with E-state index in [0.717, 1.165) is 22.2 Å². The van der Waals surface area contributed by atoms with Crippen molar-refractivity contribution >= 4 is 22.7 Å². The minimum atomic E-state index is -0.175. The van der Waals surface area contributed by atoms with Crippen LogP contribution in [-0.2, 0) is 0 Å². The fourth-order valence-electron chi connectivity index (χ4n) is 4.36. The number of anilines is 2. The first-order valence-corrected chi connectivity index (χ1v) is 11.0. The van der Waals surface area contributed by atoms with Crippen molar-refractivity contribution in [1.82, 2.24) is 14.5 Å². The lowest BCUT2D eigenvalue weighted by Gasteiger charge is -2.27. The van der Waals surface area contributed by atoms with Crippen molar-refractivity contribution in [1.29, 1.82) is 0 Å². The summed E-state index contributed by atoms with van der Waals surface area (Å²) in [6, 6.07) is 33.6. The molecule has 0 bridgehead atoms. The van der Waals surface area contributed by atoms with Crippen LogP contribution in [-0.4, -0.2) is 14.5 Å². The van der Waals surface area contributed by atoms with Crippen molar-refractivity contribution in [2.24, 2.45) is 0 Å². The second kappa shape index (κ2) is 9.09. The zero-order valence-corrected chi connectivity index (χ0v) is 18.3. The highest BCUT2D eigenvalue weighted by Crippen LogP contribution is 2.35. The van der Waals surface area contributed by atoms with Gasteiger partial charge in [0.1, 0.15) is 5.65 Å². The summed E-state index contributed by atoms with van der Waals surface area (Å²) >= 11 is 0. The number of fused-ring (bicyclic) bond motifs is 1. The molecule has 3 aromatic carbocycles. The summed E-state index contributed by atoms with van der Waals surface area (Å²) in [6.45, 7) is 2.08. The molecule has 5 nitrogen and oxygen atoms in total. The monoisotopic (exact) mass is 432 g/mol. The zero-order valence-electron chi connectivity index (χ0n) is 18.3. The first-order valence-electron chi connectivity index (χ1n) is 11.0. The maximum Gasteiger partial charge on any atom is 0.252 e. The molecule has 1 atom stereocenters. The highest BCUT2D eigenvalue weighted by Gasteiger charge is 2.25. The molecule has 5 aromatic rings. The Bertz CT molecular complexity index is 1380. The van der Waals surface area contributed by atoms with Crippen molar-refractivity contribution < 1.29 is 0 Å². The van der Waals surface area contributed by atoms with E-state index in [1.165, 1.54) is 0 Å². The highest BCUT2D eigenvalue weighted by atomic mass is 16.1. The third kappa shape index (κ3) is 4.26. The van der Waals surface area contributed by atoms with Crippen molar-refractivity contribution in [3.63, 3.8) is 0 Å². The number of benzene rings is 3. The first-order chi connectivity index (χ1) is 16.2. The van der Waals surface area contributed by atoms with E-state index in [4.69, 9.17) is 4.98 Å². The molecule has 0 saturated heterocycles. The average Bonchev–Trinajstić information content (AvgIpc) is 2.86. The summed E-state index contributed by atoms with van der Waals surface area (Å²) in [5, 5.41) is 4.06. The maximum atomic E-state index is 13.2. The van der Waals surface area contributed by atoms with Crippen LogP contribution in [0.1, 0.15) is 30.0 Å². The molecule has 0 radical (unpaired) electrons. The normalized spacial score (nSPS) is 12.1. The van der Waals surface area contributed by atoms with E-state index in [1.54, 1.807) is 22.9 Å². The standard InChI is InChI=1S/C28H24N4O/c1-20(26(21-11-5-2-6-12-21)22-13-7-3-8-14-22)32-25(33)18-17-23-19-29-28(31-27(23)32)30-24-15-9-4-10-16-24/h2-20,26H,1H3,(H,29,30,31). The number of rotatable bonds is 6. The largest absolute Gasteiger partial charge is 0.324 e. The minimum absolute atomic E-state index is 0.0174. The lowest BCUT2D eigenvalue weighted by molar-refractivity contribution is 0.487. The zero-order chi connectivity index (χ0) is 22.6. The molecule has 0 spiro atoms. The summed E-state index contributed by atoms with van der Waals surface area (Å²) in [5.41, 5.74) is 3.71. The van der Waals surface area contributed by atoms with Gasteiger partial charge in [-0.25, -0.2) is 4.98 Å². The lowest BCUT2D eigenvalue weighted by atomic mass is 9.85. The van der Waals surface area contributed by atoms with E-state index in [9.17, 15) is 4.79 Å². The van der Waals surface area contributed by atoms with E-state index in [2.05, 4.69) is 41.5 Å². The molecular formula is C28H24N4O. The molecule has 1 N–H and O–H groups in total. The summed E-state index contributed by atoms with van der Waals surface area (Å²) < 4.78 is 1.79. The molecule has 5 rings (SSSR count). The number of hydrogen-bond donors (Lipinski definition) is 1. The third-order valence-corrected chi connectivity index (χ3v) is 5.90. The van der Waals surface area contributed by atoms with Gasteiger partial charge in [0.05, 0.1) is 0 Å². The highest BCUT2D eigenvalue weighted by molar-refractivity contribution is 5.76. The fourth-order valence-corrected chi connectivity index (χ4v) is 4.36.